The van der Waals surface area contributed by atoms with Gasteiger partial charge >= 0.3 is 0 Å². The van der Waals surface area contributed by atoms with E-state index < -0.39 is 0 Å². The standard InChI is InChI=1S/C20H23N3O2S/c1-14-17(20(25)23-9-11-26-12-10-23)3-2-4-18(14)22-19(24)16-7-5-15(13-21)6-8-16/h2-8H,9-13,21H2,1H3,(H,22,24). The van der Waals surface area contributed by atoms with Crippen LogP contribution in [-0.4, -0.2) is 41.3 Å². The van der Waals surface area contributed by atoms with E-state index in [1.807, 2.05) is 53.9 Å². The lowest BCUT2D eigenvalue weighted by Gasteiger charge is -2.27. The highest BCUT2D eigenvalue weighted by atomic mass is 32.2. The summed E-state index contributed by atoms with van der Waals surface area (Å²) in [5, 5.41) is 2.92. The number of nitrogens with zero attached hydrogens (tertiary/aromatic N) is 1. The van der Waals surface area contributed by atoms with Crippen LogP contribution < -0.4 is 11.1 Å². The second-order valence-electron chi connectivity index (χ2n) is 6.24. The van der Waals surface area contributed by atoms with E-state index in [1.54, 1.807) is 12.1 Å². The first kappa shape index (κ1) is 18.5. The van der Waals surface area contributed by atoms with Crippen molar-refractivity contribution in [2.45, 2.75) is 13.5 Å². The van der Waals surface area contributed by atoms with Gasteiger partial charge in [-0.1, -0.05) is 18.2 Å². The predicted octanol–water partition coefficient (Wildman–Crippen LogP) is 2.90. The van der Waals surface area contributed by atoms with Crippen LogP contribution in [0.2, 0.25) is 0 Å². The van der Waals surface area contributed by atoms with Crippen LogP contribution in [0.15, 0.2) is 42.5 Å². The Hall–Kier alpha value is -2.31. The highest BCUT2D eigenvalue weighted by Crippen LogP contribution is 2.22. The Morgan fingerprint density at radius 3 is 2.46 bits per heavy atom. The quantitative estimate of drug-likeness (QED) is 0.869. The number of hydrogen-bond acceptors (Lipinski definition) is 4. The number of carbonyl (C=O) groups excluding carboxylic acids is 2. The molecule has 0 unspecified atom stereocenters. The average Bonchev–Trinajstić information content (AvgIpc) is 2.69. The van der Waals surface area contributed by atoms with Crippen molar-refractivity contribution < 1.29 is 9.59 Å². The van der Waals surface area contributed by atoms with Gasteiger partial charge in [-0.25, -0.2) is 0 Å². The van der Waals surface area contributed by atoms with Crippen molar-refractivity contribution in [3.8, 4) is 0 Å². The molecule has 0 spiro atoms. The molecule has 1 saturated heterocycles. The zero-order chi connectivity index (χ0) is 18.5. The Balaban J connectivity index is 1.77. The third-order valence-corrected chi connectivity index (χ3v) is 5.51. The van der Waals surface area contributed by atoms with E-state index in [0.29, 0.717) is 23.4 Å². The van der Waals surface area contributed by atoms with Crippen LogP contribution in [0.1, 0.15) is 31.8 Å². The lowest BCUT2D eigenvalue weighted by atomic mass is 10.0. The van der Waals surface area contributed by atoms with Crippen molar-refractivity contribution in [2.24, 2.45) is 5.73 Å². The number of carbonyl (C=O) groups is 2. The topological polar surface area (TPSA) is 75.4 Å². The molecule has 1 aliphatic rings. The second kappa shape index (κ2) is 8.38. The van der Waals surface area contributed by atoms with Gasteiger partial charge in [-0.15, -0.1) is 0 Å². The first-order valence-corrected chi connectivity index (χ1v) is 9.82. The fourth-order valence-electron chi connectivity index (χ4n) is 2.93. The SMILES string of the molecule is Cc1c(NC(=O)c2ccc(CN)cc2)cccc1C(=O)N1CCSCC1. The van der Waals surface area contributed by atoms with Gasteiger partial charge in [-0.05, 0) is 42.3 Å². The molecule has 0 radical (unpaired) electrons. The van der Waals surface area contributed by atoms with E-state index in [0.717, 1.165) is 35.7 Å². The van der Waals surface area contributed by atoms with Crippen molar-refractivity contribution in [3.63, 3.8) is 0 Å². The molecule has 136 valence electrons. The molecular formula is C20H23N3O2S. The molecule has 1 aliphatic heterocycles. The molecule has 2 amide bonds. The van der Waals surface area contributed by atoms with Crippen LogP contribution in [-0.2, 0) is 6.54 Å². The van der Waals surface area contributed by atoms with Crippen LogP contribution >= 0.6 is 11.8 Å². The molecule has 1 heterocycles. The molecule has 5 nitrogen and oxygen atoms in total. The molecule has 3 N–H and O–H groups in total. The molecule has 1 fully saturated rings. The number of nitrogens with two attached hydrogens (primary N) is 1. The van der Waals surface area contributed by atoms with E-state index in [1.165, 1.54) is 0 Å². The molecule has 6 heteroatoms. The van der Waals surface area contributed by atoms with Crippen LogP contribution in [0.25, 0.3) is 0 Å². The van der Waals surface area contributed by atoms with Crippen molar-refractivity contribution in [1.82, 2.24) is 4.90 Å². The highest BCUT2D eigenvalue weighted by molar-refractivity contribution is 7.99. The molecule has 0 aromatic heterocycles. The molecule has 0 saturated carbocycles. The summed E-state index contributed by atoms with van der Waals surface area (Å²) in [4.78, 5) is 27.2. The van der Waals surface area contributed by atoms with Gasteiger partial charge in [-0.2, -0.15) is 11.8 Å². The Labute approximate surface area is 157 Å². The summed E-state index contributed by atoms with van der Waals surface area (Å²) >= 11 is 1.87. The zero-order valence-electron chi connectivity index (χ0n) is 14.8. The lowest BCUT2D eigenvalue weighted by molar-refractivity contribution is 0.0771. The third-order valence-electron chi connectivity index (χ3n) is 4.56. The number of anilines is 1. The molecule has 3 rings (SSSR count). The minimum Gasteiger partial charge on any atom is -0.337 e. The Morgan fingerprint density at radius 2 is 1.81 bits per heavy atom. The van der Waals surface area contributed by atoms with E-state index in [2.05, 4.69) is 5.32 Å². The summed E-state index contributed by atoms with van der Waals surface area (Å²) in [6.45, 7) is 3.86. The molecule has 2 aromatic carbocycles. The van der Waals surface area contributed by atoms with Crippen LogP contribution in [0.5, 0.6) is 0 Å². The van der Waals surface area contributed by atoms with Gasteiger partial charge in [0.25, 0.3) is 11.8 Å². The van der Waals surface area contributed by atoms with Gasteiger partial charge in [0.05, 0.1) is 0 Å². The van der Waals surface area contributed by atoms with E-state index >= 15 is 0 Å². The molecule has 0 aliphatic carbocycles. The van der Waals surface area contributed by atoms with E-state index in [-0.39, 0.29) is 11.8 Å². The fourth-order valence-corrected chi connectivity index (χ4v) is 3.83. The number of hydrogen-bond donors (Lipinski definition) is 2. The molecule has 26 heavy (non-hydrogen) atoms. The lowest BCUT2D eigenvalue weighted by Crippen LogP contribution is -2.38. The molecule has 0 atom stereocenters. The predicted molar refractivity (Wildman–Crippen MR) is 107 cm³/mol. The monoisotopic (exact) mass is 369 g/mol. The second-order valence-corrected chi connectivity index (χ2v) is 7.46. The molecular weight excluding hydrogens is 346 g/mol. The number of thioether (sulfide) groups is 1. The number of benzene rings is 2. The summed E-state index contributed by atoms with van der Waals surface area (Å²) in [6.07, 6.45) is 0. The minimum absolute atomic E-state index is 0.0335. The minimum atomic E-state index is -0.198. The van der Waals surface area contributed by atoms with Crippen molar-refractivity contribution in [2.75, 3.05) is 29.9 Å². The third kappa shape index (κ3) is 4.08. The Morgan fingerprint density at radius 1 is 1.12 bits per heavy atom. The van der Waals surface area contributed by atoms with Gasteiger partial charge in [0.15, 0.2) is 0 Å². The van der Waals surface area contributed by atoms with Crippen LogP contribution in [0.4, 0.5) is 5.69 Å². The first-order chi connectivity index (χ1) is 12.6. The van der Waals surface area contributed by atoms with Gasteiger partial charge < -0.3 is 16.0 Å². The largest absolute Gasteiger partial charge is 0.337 e. The Kier molecular flexibility index (Phi) is 5.96. The fraction of sp³-hybridized carbons (Fsp3) is 0.300. The average molecular weight is 369 g/mol. The molecule has 0 bridgehead atoms. The summed E-state index contributed by atoms with van der Waals surface area (Å²) in [5.41, 5.74) is 9.23. The van der Waals surface area contributed by atoms with Gasteiger partial charge in [0, 0.05) is 48.0 Å². The van der Waals surface area contributed by atoms with Crippen molar-refractivity contribution in [1.29, 1.82) is 0 Å². The van der Waals surface area contributed by atoms with Crippen molar-refractivity contribution >= 4 is 29.3 Å². The maximum atomic E-state index is 12.8. The van der Waals surface area contributed by atoms with Gasteiger partial charge in [0.2, 0.25) is 0 Å². The zero-order valence-corrected chi connectivity index (χ0v) is 15.6. The maximum absolute atomic E-state index is 12.8. The van der Waals surface area contributed by atoms with Crippen molar-refractivity contribution in [3.05, 3.63) is 64.7 Å². The first-order valence-electron chi connectivity index (χ1n) is 8.67. The smallest absolute Gasteiger partial charge is 0.255 e. The number of nitrogens with one attached hydrogen (secondary N) is 1. The molecule has 2 aromatic rings. The number of rotatable bonds is 4. The summed E-state index contributed by atoms with van der Waals surface area (Å²) < 4.78 is 0. The Bertz CT molecular complexity index is 799. The summed E-state index contributed by atoms with van der Waals surface area (Å²) in [6, 6.07) is 12.7. The van der Waals surface area contributed by atoms with Crippen LogP contribution in [0.3, 0.4) is 0 Å². The summed E-state index contributed by atoms with van der Waals surface area (Å²) in [5.74, 6) is 1.78. The highest BCUT2D eigenvalue weighted by Gasteiger charge is 2.21. The van der Waals surface area contributed by atoms with Gasteiger partial charge in [0.1, 0.15) is 0 Å². The normalized spacial score (nSPS) is 14.2. The van der Waals surface area contributed by atoms with E-state index in [4.69, 9.17) is 5.73 Å². The van der Waals surface area contributed by atoms with Crippen LogP contribution in [0, 0.1) is 6.92 Å². The van der Waals surface area contributed by atoms with E-state index in [9.17, 15) is 9.59 Å². The maximum Gasteiger partial charge on any atom is 0.255 e. The summed E-state index contributed by atoms with van der Waals surface area (Å²) in [7, 11) is 0. The van der Waals surface area contributed by atoms with Gasteiger partial charge in [-0.3, -0.25) is 9.59 Å². The number of amides is 2.